The Morgan fingerprint density at radius 3 is 2.71 bits per heavy atom. The van der Waals surface area contributed by atoms with E-state index >= 15 is 0 Å². The van der Waals surface area contributed by atoms with E-state index in [0.717, 1.165) is 5.52 Å². The summed E-state index contributed by atoms with van der Waals surface area (Å²) in [5, 5.41) is 1.09. The molecule has 7 heteroatoms. The number of esters is 1. The largest absolute Gasteiger partial charge is 0.490 e. The van der Waals surface area contributed by atoms with Crippen LogP contribution in [0.2, 0.25) is 5.02 Å². The van der Waals surface area contributed by atoms with Crippen LogP contribution in [0.4, 0.5) is 0 Å². The van der Waals surface area contributed by atoms with Gasteiger partial charge in [-0.3, -0.25) is 4.79 Å². The molecule has 2 aromatic carbocycles. The number of fused-ring (bicyclic) bond motifs is 1. The molecule has 5 nitrogen and oxygen atoms in total. The molecule has 0 N–H and O–H groups in total. The number of oxazole rings is 1. The lowest BCUT2D eigenvalue weighted by molar-refractivity contribution is -0.141. The second-order valence-electron chi connectivity index (χ2n) is 4.76. The highest BCUT2D eigenvalue weighted by molar-refractivity contribution is 7.99. The molecule has 0 saturated heterocycles. The summed E-state index contributed by atoms with van der Waals surface area (Å²) >= 11 is 6.99. The van der Waals surface area contributed by atoms with Gasteiger partial charge in [0.05, 0.1) is 0 Å². The van der Waals surface area contributed by atoms with E-state index in [4.69, 9.17) is 25.5 Å². The molecular formula is C17H14ClNO4S. The second-order valence-corrected chi connectivity index (χ2v) is 6.12. The smallest absolute Gasteiger partial charge is 0.316 e. The molecule has 0 fully saturated rings. The summed E-state index contributed by atoms with van der Waals surface area (Å²) in [6.07, 6.45) is 0. The van der Waals surface area contributed by atoms with Crippen molar-refractivity contribution in [3.8, 4) is 5.75 Å². The summed E-state index contributed by atoms with van der Waals surface area (Å²) in [6.45, 7) is 0.455. The highest BCUT2D eigenvalue weighted by atomic mass is 35.5. The van der Waals surface area contributed by atoms with E-state index in [1.165, 1.54) is 11.8 Å². The van der Waals surface area contributed by atoms with Crippen molar-refractivity contribution in [2.75, 3.05) is 19.0 Å². The minimum Gasteiger partial charge on any atom is -0.490 e. The number of thioether (sulfide) groups is 1. The van der Waals surface area contributed by atoms with Crippen LogP contribution in [0, 0.1) is 0 Å². The topological polar surface area (TPSA) is 61.6 Å². The lowest BCUT2D eigenvalue weighted by atomic mass is 10.3. The van der Waals surface area contributed by atoms with Gasteiger partial charge in [0, 0.05) is 5.02 Å². The van der Waals surface area contributed by atoms with Crippen molar-refractivity contribution in [2.24, 2.45) is 0 Å². The number of nitrogens with zero attached hydrogens (tertiary/aromatic N) is 1. The van der Waals surface area contributed by atoms with Crippen LogP contribution in [0.3, 0.4) is 0 Å². The Kier molecular flexibility index (Phi) is 5.61. The number of para-hydroxylation sites is 2. The summed E-state index contributed by atoms with van der Waals surface area (Å²) in [7, 11) is 0. The molecule has 0 atom stereocenters. The number of ether oxygens (including phenoxy) is 2. The molecule has 0 unspecified atom stereocenters. The zero-order valence-electron chi connectivity index (χ0n) is 12.6. The maximum Gasteiger partial charge on any atom is 0.316 e. The molecule has 0 spiro atoms. The molecule has 1 aromatic heterocycles. The Bertz CT molecular complexity index is 786. The molecular weight excluding hydrogens is 350 g/mol. The summed E-state index contributed by atoms with van der Waals surface area (Å²) < 4.78 is 16.1. The minimum absolute atomic E-state index is 0.133. The van der Waals surface area contributed by atoms with Gasteiger partial charge in [0.1, 0.15) is 30.2 Å². The summed E-state index contributed by atoms with van der Waals surface area (Å²) in [5.74, 6) is 0.464. The molecule has 0 aliphatic rings. The minimum atomic E-state index is -0.345. The molecule has 24 heavy (non-hydrogen) atoms. The van der Waals surface area contributed by atoms with Gasteiger partial charge in [-0.15, -0.1) is 0 Å². The normalized spacial score (nSPS) is 10.7. The van der Waals surface area contributed by atoms with Gasteiger partial charge < -0.3 is 13.9 Å². The summed E-state index contributed by atoms with van der Waals surface area (Å²) in [4.78, 5) is 16.0. The SMILES string of the molecule is O=C(CSc1nc2ccccc2o1)OCCOc1ccc(Cl)cc1. The predicted octanol–water partition coefficient (Wildman–Crippen LogP) is 4.20. The lowest BCUT2D eigenvalue weighted by Gasteiger charge is -2.07. The first-order valence-corrected chi connectivity index (χ1v) is 8.59. The highest BCUT2D eigenvalue weighted by Gasteiger charge is 2.10. The zero-order chi connectivity index (χ0) is 16.8. The molecule has 1 heterocycles. The first-order valence-electron chi connectivity index (χ1n) is 7.23. The number of halogens is 1. The Balaban J connectivity index is 1.37. The van der Waals surface area contributed by atoms with Gasteiger partial charge in [0.25, 0.3) is 5.22 Å². The van der Waals surface area contributed by atoms with Crippen molar-refractivity contribution in [3.05, 3.63) is 53.6 Å². The van der Waals surface area contributed by atoms with Gasteiger partial charge >= 0.3 is 5.97 Å². The average Bonchev–Trinajstić information content (AvgIpc) is 3.01. The van der Waals surface area contributed by atoms with Gasteiger partial charge in [-0.1, -0.05) is 35.5 Å². The van der Waals surface area contributed by atoms with Crippen molar-refractivity contribution in [1.29, 1.82) is 0 Å². The number of carbonyl (C=O) groups excluding carboxylic acids is 1. The first-order chi connectivity index (χ1) is 11.7. The van der Waals surface area contributed by atoms with Crippen molar-refractivity contribution in [3.63, 3.8) is 0 Å². The summed E-state index contributed by atoms with van der Waals surface area (Å²) in [5.41, 5.74) is 1.47. The van der Waals surface area contributed by atoms with Gasteiger partial charge in [0.2, 0.25) is 0 Å². The van der Waals surface area contributed by atoms with Crippen molar-refractivity contribution in [1.82, 2.24) is 4.98 Å². The number of rotatable bonds is 7. The van der Waals surface area contributed by atoms with E-state index in [2.05, 4.69) is 4.98 Å². The third-order valence-corrected chi connectivity index (χ3v) is 4.07. The van der Waals surface area contributed by atoms with E-state index in [-0.39, 0.29) is 24.9 Å². The second kappa shape index (κ2) is 8.08. The van der Waals surface area contributed by atoms with E-state index in [9.17, 15) is 4.79 Å². The van der Waals surface area contributed by atoms with Crippen LogP contribution in [-0.4, -0.2) is 29.9 Å². The fraction of sp³-hybridized carbons (Fsp3) is 0.176. The van der Waals surface area contributed by atoms with E-state index in [1.807, 2.05) is 24.3 Å². The predicted molar refractivity (Wildman–Crippen MR) is 92.6 cm³/mol. The van der Waals surface area contributed by atoms with Gasteiger partial charge in [0.15, 0.2) is 5.58 Å². The summed E-state index contributed by atoms with van der Waals surface area (Å²) in [6, 6.07) is 14.4. The molecule has 0 radical (unpaired) electrons. The van der Waals surface area contributed by atoms with Crippen LogP contribution in [-0.2, 0) is 9.53 Å². The van der Waals surface area contributed by atoms with E-state index in [0.29, 0.717) is 21.6 Å². The molecule has 3 rings (SSSR count). The van der Waals surface area contributed by atoms with Crippen LogP contribution in [0.1, 0.15) is 0 Å². The van der Waals surface area contributed by atoms with E-state index < -0.39 is 0 Å². The Morgan fingerprint density at radius 2 is 1.92 bits per heavy atom. The zero-order valence-corrected chi connectivity index (χ0v) is 14.2. The van der Waals surface area contributed by atoms with Gasteiger partial charge in [-0.05, 0) is 36.4 Å². The van der Waals surface area contributed by atoms with Crippen molar-refractivity contribution < 1.29 is 18.7 Å². The molecule has 3 aromatic rings. The van der Waals surface area contributed by atoms with Gasteiger partial charge in [-0.25, -0.2) is 4.98 Å². The van der Waals surface area contributed by atoms with Crippen LogP contribution in [0.15, 0.2) is 58.2 Å². The van der Waals surface area contributed by atoms with Crippen LogP contribution >= 0.6 is 23.4 Å². The van der Waals surface area contributed by atoms with Crippen LogP contribution < -0.4 is 4.74 Å². The quantitative estimate of drug-likeness (QED) is 0.356. The molecule has 0 bridgehead atoms. The number of benzene rings is 2. The maximum atomic E-state index is 11.7. The van der Waals surface area contributed by atoms with Crippen molar-refractivity contribution in [2.45, 2.75) is 5.22 Å². The average molecular weight is 364 g/mol. The molecule has 0 saturated carbocycles. The number of hydrogen-bond acceptors (Lipinski definition) is 6. The number of hydrogen-bond donors (Lipinski definition) is 0. The molecule has 0 aliphatic heterocycles. The standard InChI is InChI=1S/C17H14ClNO4S/c18-12-5-7-13(8-6-12)21-9-10-22-16(20)11-24-17-19-14-3-1-2-4-15(14)23-17/h1-8H,9-11H2. The third kappa shape index (κ3) is 4.66. The number of carbonyl (C=O) groups is 1. The Labute approximate surface area is 147 Å². The lowest BCUT2D eigenvalue weighted by Crippen LogP contribution is -2.13. The fourth-order valence-electron chi connectivity index (χ4n) is 1.92. The Hall–Kier alpha value is -2.18. The highest BCUT2D eigenvalue weighted by Crippen LogP contribution is 2.23. The van der Waals surface area contributed by atoms with E-state index in [1.54, 1.807) is 24.3 Å². The van der Waals surface area contributed by atoms with Crippen LogP contribution in [0.25, 0.3) is 11.1 Å². The first kappa shape index (κ1) is 16.7. The van der Waals surface area contributed by atoms with Gasteiger partial charge in [-0.2, -0.15) is 0 Å². The maximum absolute atomic E-state index is 11.7. The number of aromatic nitrogens is 1. The van der Waals surface area contributed by atoms with Crippen molar-refractivity contribution >= 4 is 40.4 Å². The molecule has 0 amide bonds. The third-order valence-electron chi connectivity index (χ3n) is 3.02. The monoisotopic (exact) mass is 363 g/mol. The fourth-order valence-corrected chi connectivity index (χ4v) is 2.68. The Morgan fingerprint density at radius 1 is 1.12 bits per heavy atom. The molecule has 124 valence electrons. The van der Waals surface area contributed by atoms with Crippen LogP contribution in [0.5, 0.6) is 5.75 Å². The molecule has 0 aliphatic carbocycles.